The van der Waals surface area contributed by atoms with E-state index in [2.05, 4.69) is 53.8 Å². The monoisotopic (exact) mass is 628 g/mol. The lowest BCUT2D eigenvalue weighted by Crippen LogP contribution is -2.30. The molecule has 0 aromatic heterocycles. The molecule has 1 aliphatic rings. The van der Waals surface area contributed by atoms with Crippen LogP contribution in [0, 0.1) is 10.5 Å². The number of rotatable bonds is 10. The fraction of sp³-hybridized carbons (Fsp3) is 0.241. The number of carbonyl (C=O) groups is 1. The van der Waals surface area contributed by atoms with Crippen LogP contribution < -0.4 is 9.47 Å². The zero-order valence-electron chi connectivity index (χ0n) is 21.1. The SMILES string of the molecule is COCCCN1C(=O)/C(=C/c2cc(I)c(OCc3ccc(C)cc3)c(OC)c2)SC1=Nc1ccccc1. The Morgan fingerprint density at radius 3 is 2.51 bits per heavy atom. The number of thioether (sulfide) groups is 1. The maximum absolute atomic E-state index is 13.4. The summed E-state index contributed by atoms with van der Waals surface area (Å²) in [7, 11) is 3.28. The van der Waals surface area contributed by atoms with Gasteiger partial charge in [0.05, 0.1) is 21.3 Å². The second-order valence-corrected chi connectivity index (χ2v) is 10.6. The molecule has 0 atom stereocenters. The molecule has 1 fully saturated rings. The number of nitrogens with zero attached hydrogens (tertiary/aromatic N) is 2. The molecule has 1 amide bonds. The number of amides is 1. The molecule has 1 heterocycles. The van der Waals surface area contributed by atoms with Crippen molar-refractivity contribution < 1.29 is 19.0 Å². The number of carbonyl (C=O) groups excluding carboxylic acids is 1. The third-order valence-electron chi connectivity index (χ3n) is 5.65. The molecule has 0 N–H and O–H groups in total. The molecule has 0 saturated carbocycles. The molecule has 3 aromatic carbocycles. The molecule has 1 saturated heterocycles. The number of halogens is 1. The maximum Gasteiger partial charge on any atom is 0.266 e. The molecule has 0 bridgehead atoms. The molecular formula is C29H29IN2O4S. The Morgan fingerprint density at radius 1 is 1.05 bits per heavy atom. The van der Waals surface area contributed by atoms with Gasteiger partial charge in [-0.05, 0) is 89.2 Å². The highest BCUT2D eigenvalue weighted by Gasteiger charge is 2.33. The summed E-state index contributed by atoms with van der Waals surface area (Å²) in [6, 6.07) is 21.8. The lowest BCUT2D eigenvalue weighted by Gasteiger charge is -2.15. The summed E-state index contributed by atoms with van der Waals surface area (Å²) < 4.78 is 17.9. The number of hydrogen-bond donors (Lipinski definition) is 0. The van der Waals surface area contributed by atoms with Crippen LogP contribution in [0.2, 0.25) is 0 Å². The number of aliphatic imine (C=N–C) groups is 1. The summed E-state index contributed by atoms with van der Waals surface area (Å²) in [5, 5.41) is 0.665. The minimum absolute atomic E-state index is 0.0653. The van der Waals surface area contributed by atoms with Crippen molar-refractivity contribution in [2.75, 3.05) is 27.4 Å². The van der Waals surface area contributed by atoms with Crippen molar-refractivity contribution in [3.8, 4) is 11.5 Å². The van der Waals surface area contributed by atoms with E-state index in [1.165, 1.54) is 17.3 Å². The van der Waals surface area contributed by atoms with Crippen LogP contribution in [-0.4, -0.2) is 43.3 Å². The van der Waals surface area contributed by atoms with Gasteiger partial charge in [-0.2, -0.15) is 0 Å². The quantitative estimate of drug-likeness (QED) is 0.140. The van der Waals surface area contributed by atoms with Gasteiger partial charge in [-0.15, -0.1) is 0 Å². The number of benzene rings is 3. The van der Waals surface area contributed by atoms with Gasteiger partial charge in [-0.1, -0.05) is 48.0 Å². The second kappa shape index (κ2) is 13.1. The van der Waals surface area contributed by atoms with Crippen LogP contribution in [0.15, 0.2) is 76.6 Å². The van der Waals surface area contributed by atoms with E-state index in [-0.39, 0.29) is 5.91 Å². The van der Waals surface area contributed by atoms with Gasteiger partial charge in [0, 0.05) is 20.3 Å². The van der Waals surface area contributed by atoms with E-state index < -0.39 is 0 Å². The van der Waals surface area contributed by atoms with Crippen LogP contribution in [0.5, 0.6) is 11.5 Å². The van der Waals surface area contributed by atoms with Gasteiger partial charge in [0.25, 0.3) is 5.91 Å². The molecular weight excluding hydrogens is 599 g/mol. The molecule has 6 nitrogen and oxygen atoms in total. The van der Waals surface area contributed by atoms with Crippen LogP contribution in [0.1, 0.15) is 23.1 Å². The van der Waals surface area contributed by atoms with Crippen molar-refractivity contribution in [3.05, 3.63) is 91.9 Å². The molecule has 4 rings (SSSR count). The van der Waals surface area contributed by atoms with Crippen molar-refractivity contribution >= 4 is 57.2 Å². The smallest absolute Gasteiger partial charge is 0.266 e. The number of amidine groups is 1. The molecule has 0 aliphatic carbocycles. The predicted molar refractivity (Wildman–Crippen MR) is 159 cm³/mol. The maximum atomic E-state index is 13.4. The van der Waals surface area contributed by atoms with E-state index in [0.29, 0.717) is 41.3 Å². The Hall–Kier alpha value is -2.82. The topological polar surface area (TPSA) is 60.4 Å². The Balaban J connectivity index is 1.58. The average molecular weight is 629 g/mol. The Labute approximate surface area is 235 Å². The number of methoxy groups -OCH3 is 2. The molecule has 8 heteroatoms. The fourth-order valence-corrected chi connectivity index (χ4v) is 5.53. The van der Waals surface area contributed by atoms with Gasteiger partial charge in [0.1, 0.15) is 6.61 Å². The van der Waals surface area contributed by atoms with Crippen LogP contribution in [-0.2, 0) is 16.1 Å². The normalized spacial score (nSPS) is 15.6. The molecule has 0 spiro atoms. The van der Waals surface area contributed by atoms with Crippen molar-refractivity contribution in [3.63, 3.8) is 0 Å². The summed E-state index contributed by atoms with van der Waals surface area (Å²) in [5.41, 5.74) is 3.96. The first-order valence-electron chi connectivity index (χ1n) is 11.9. The molecule has 0 unspecified atom stereocenters. The first kappa shape index (κ1) is 27.2. The Kier molecular flexibility index (Phi) is 9.65. The minimum Gasteiger partial charge on any atom is -0.493 e. The largest absolute Gasteiger partial charge is 0.493 e. The van der Waals surface area contributed by atoms with Gasteiger partial charge >= 0.3 is 0 Å². The highest BCUT2D eigenvalue weighted by Crippen LogP contribution is 2.38. The molecule has 0 radical (unpaired) electrons. The second-order valence-electron chi connectivity index (χ2n) is 8.45. The number of hydrogen-bond acceptors (Lipinski definition) is 6. The van der Waals surface area contributed by atoms with Gasteiger partial charge in [-0.3, -0.25) is 9.69 Å². The van der Waals surface area contributed by atoms with Crippen molar-refractivity contribution in [2.45, 2.75) is 20.0 Å². The average Bonchev–Trinajstić information content (AvgIpc) is 3.18. The van der Waals surface area contributed by atoms with Crippen LogP contribution >= 0.6 is 34.4 Å². The standard InChI is InChI=1S/C29H29IN2O4S/c1-20-10-12-21(13-11-20)19-36-27-24(30)16-22(17-25(27)35-3)18-26-28(33)32(14-7-15-34-2)29(37-26)31-23-8-5-4-6-9-23/h4-6,8-13,16-18H,7,14-15,19H2,1-3H3/b26-18-,31-29?. The van der Waals surface area contributed by atoms with E-state index in [0.717, 1.165) is 26.8 Å². The van der Waals surface area contributed by atoms with E-state index in [1.54, 1.807) is 19.1 Å². The van der Waals surface area contributed by atoms with E-state index >= 15 is 0 Å². The number of para-hydroxylation sites is 1. The first-order valence-corrected chi connectivity index (χ1v) is 13.8. The zero-order chi connectivity index (χ0) is 26.2. The van der Waals surface area contributed by atoms with Crippen molar-refractivity contribution in [1.82, 2.24) is 4.90 Å². The molecule has 3 aromatic rings. The van der Waals surface area contributed by atoms with Crippen LogP contribution in [0.25, 0.3) is 6.08 Å². The highest BCUT2D eigenvalue weighted by atomic mass is 127. The fourth-order valence-electron chi connectivity index (χ4n) is 3.72. The summed E-state index contributed by atoms with van der Waals surface area (Å²) in [5.74, 6) is 1.24. The minimum atomic E-state index is -0.0653. The molecule has 192 valence electrons. The predicted octanol–water partition coefficient (Wildman–Crippen LogP) is 6.83. The Morgan fingerprint density at radius 2 is 1.81 bits per heavy atom. The van der Waals surface area contributed by atoms with Gasteiger partial charge in [-0.25, -0.2) is 4.99 Å². The molecule has 37 heavy (non-hydrogen) atoms. The van der Waals surface area contributed by atoms with Gasteiger partial charge < -0.3 is 14.2 Å². The van der Waals surface area contributed by atoms with Crippen molar-refractivity contribution in [1.29, 1.82) is 0 Å². The van der Waals surface area contributed by atoms with Crippen molar-refractivity contribution in [2.24, 2.45) is 4.99 Å². The zero-order valence-corrected chi connectivity index (χ0v) is 24.0. The number of ether oxygens (including phenoxy) is 3. The van der Waals surface area contributed by atoms with Crippen LogP contribution in [0.3, 0.4) is 0 Å². The summed E-state index contributed by atoms with van der Waals surface area (Å²) in [4.78, 5) is 20.4. The lowest BCUT2D eigenvalue weighted by atomic mass is 10.1. The Bertz CT molecular complexity index is 1290. The van der Waals surface area contributed by atoms with Gasteiger partial charge in [0.15, 0.2) is 16.7 Å². The number of aryl methyl sites for hydroxylation is 1. The molecule has 1 aliphatic heterocycles. The lowest BCUT2D eigenvalue weighted by molar-refractivity contribution is -0.122. The highest BCUT2D eigenvalue weighted by molar-refractivity contribution is 14.1. The van der Waals surface area contributed by atoms with E-state index in [4.69, 9.17) is 19.2 Å². The van der Waals surface area contributed by atoms with Crippen LogP contribution in [0.4, 0.5) is 5.69 Å². The summed E-state index contributed by atoms with van der Waals surface area (Å²) in [6.45, 7) is 3.62. The van der Waals surface area contributed by atoms with Gasteiger partial charge in [0.2, 0.25) is 0 Å². The summed E-state index contributed by atoms with van der Waals surface area (Å²) >= 11 is 3.63. The van der Waals surface area contributed by atoms with E-state index in [1.807, 2.05) is 48.5 Å². The van der Waals surface area contributed by atoms with E-state index in [9.17, 15) is 4.79 Å². The first-order chi connectivity index (χ1) is 18.0. The summed E-state index contributed by atoms with van der Waals surface area (Å²) in [6.07, 6.45) is 2.61. The third-order valence-corrected chi connectivity index (χ3v) is 7.46. The third kappa shape index (κ3) is 7.15.